The normalized spacial score (nSPS) is 25.8. The van der Waals surface area contributed by atoms with Gasteiger partial charge in [0.1, 0.15) is 0 Å². The largest absolute Gasteiger partial charge is 0.479 e. The van der Waals surface area contributed by atoms with Crippen molar-refractivity contribution in [2.24, 2.45) is 0 Å². The number of carboxylic acids is 1. The van der Waals surface area contributed by atoms with E-state index in [0.29, 0.717) is 0 Å². The maximum Gasteiger partial charge on any atom is 0.335 e. The third kappa shape index (κ3) is 2.40. The molecule has 0 aliphatic carbocycles. The molecule has 1 fully saturated rings. The molecule has 1 aliphatic heterocycles. The zero-order chi connectivity index (χ0) is 11.5. The molecule has 0 spiro atoms. The summed E-state index contributed by atoms with van der Waals surface area (Å²) in [5.74, 6) is -0.807. The Hall–Kier alpha value is -1.39. The van der Waals surface area contributed by atoms with Gasteiger partial charge in [-0.1, -0.05) is 30.3 Å². The summed E-state index contributed by atoms with van der Waals surface area (Å²) in [6.45, 7) is 0.770. The summed E-state index contributed by atoms with van der Waals surface area (Å²) < 4.78 is 0. The maximum absolute atomic E-state index is 10.9. The van der Waals surface area contributed by atoms with Crippen molar-refractivity contribution in [2.45, 2.75) is 18.6 Å². The van der Waals surface area contributed by atoms with Gasteiger partial charge >= 0.3 is 5.97 Å². The number of nitrogens with zero attached hydrogens (tertiary/aromatic N) is 1. The second kappa shape index (κ2) is 4.63. The number of nitrogens with one attached hydrogen (secondary N) is 1. The van der Waals surface area contributed by atoms with Crippen LogP contribution in [-0.4, -0.2) is 41.8 Å². The molecule has 0 radical (unpaired) electrons. The second-order valence-electron chi connectivity index (χ2n) is 4.23. The predicted octanol–water partition coefficient (Wildman–Crippen LogP) is 0.543. The summed E-state index contributed by atoms with van der Waals surface area (Å²) in [5, 5.41) is 12.1. The van der Waals surface area contributed by atoms with E-state index >= 15 is 0 Å². The molecule has 1 saturated heterocycles. The van der Waals surface area contributed by atoms with Gasteiger partial charge in [-0.05, 0) is 19.0 Å². The molecular formula is C12H16N2O2. The van der Waals surface area contributed by atoms with Crippen molar-refractivity contribution in [3.05, 3.63) is 35.9 Å². The van der Waals surface area contributed by atoms with Crippen LogP contribution in [0, 0.1) is 0 Å². The van der Waals surface area contributed by atoms with E-state index in [1.54, 1.807) is 0 Å². The Morgan fingerprint density at radius 3 is 2.75 bits per heavy atom. The van der Waals surface area contributed by atoms with E-state index in [4.69, 9.17) is 5.11 Å². The number of hydrogen-bond acceptors (Lipinski definition) is 3. The molecule has 1 heterocycles. The molecular weight excluding hydrogens is 204 g/mol. The lowest BCUT2D eigenvalue weighted by atomic mass is 10.1. The molecule has 2 rings (SSSR count). The van der Waals surface area contributed by atoms with E-state index in [1.807, 2.05) is 30.1 Å². The Morgan fingerprint density at radius 2 is 2.19 bits per heavy atom. The number of hydrogen-bond donors (Lipinski definition) is 2. The van der Waals surface area contributed by atoms with E-state index in [-0.39, 0.29) is 6.04 Å². The number of carbonyl (C=O) groups is 1. The van der Waals surface area contributed by atoms with Crippen molar-refractivity contribution in [3.63, 3.8) is 0 Å². The van der Waals surface area contributed by atoms with Crippen LogP contribution in [0.15, 0.2) is 30.3 Å². The molecule has 86 valence electrons. The lowest BCUT2D eigenvalue weighted by Gasteiger charge is -2.12. The highest BCUT2D eigenvalue weighted by molar-refractivity contribution is 5.73. The van der Waals surface area contributed by atoms with Crippen molar-refractivity contribution in [1.29, 1.82) is 0 Å². The van der Waals surface area contributed by atoms with E-state index in [2.05, 4.69) is 17.4 Å². The van der Waals surface area contributed by atoms with Gasteiger partial charge < -0.3 is 5.11 Å². The Kier molecular flexibility index (Phi) is 3.22. The fraction of sp³-hybridized carbons (Fsp3) is 0.417. The van der Waals surface area contributed by atoms with Crippen LogP contribution in [0.2, 0.25) is 0 Å². The van der Waals surface area contributed by atoms with E-state index in [0.717, 1.165) is 13.0 Å². The summed E-state index contributed by atoms with van der Waals surface area (Å²) in [4.78, 5) is 12.7. The quantitative estimate of drug-likeness (QED) is 0.781. The maximum atomic E-state index is 10.9. The molecule has 0 bridgehead atoms. The zero-order valence-corrected chi connectivity index (χ0v) is 9.26. The first-order valence-electron chi connectivity index (χ1n) is 5.40. The number of carboxylic acid groups (broad SMARTS) is 1. The average molecular weight is 220 g/mol. The highest BCUT2D eigenvalue weighted by atomic mass is 16.4. The van der Waals surface area contributed by atoms with Crippen LogP contribution in [-0.2, 0) is 11.2 Å². The van der Waals surface area contributed by atoms with Crippen molar-refractivity contribution in [3.8, 4) is 0 Å². The SMILES string of the molecule is CN1C[C@H](Cc2ccccc2)NC1C(=O)O. The lowest BCUT2D eigenvalue weighted by Crippen LogP contribution is -2.41. The van der Waals surface area contributed by atoms with Gasteiger partial charge in [0.25, 0.3) is 0 Å². The molecule has 0 amide bonds. The van der Waals surface area contributed by atoms with Crippen molar-refractivity contribution >= 4 is 5.97 Å². The molecule has 1 aromatic rings. The number of benzene rings is 1. The minimum atomic E-state index is -0.807. The second-order valence-corrected chi connectivity index (χ2v) is 4.23. The first kappa shape index (κ1) is 11.1. The van der Waals surface area contributed by atoms with Gasteiger partial charge in [-0.25, -0.2) is 4.79 Å². The molecule has 1 aromatic carbocycles. The smallest absolute Gasteiger partial charge is 0.335 e. The third-order valence-electron chi connectivity index (χ3n) is 2.90. The monoisotopic (exact) mass is 220 g/mol. The summed E-state index contributed by atoms with van der Waals surface area (Å²) >= 11 is 0. The minimum absolute atomic E-state index is 0.216. The van der Waals surface area contributed by atoms with Gasteiger partial charge in [-0.2, -0.15) is 0 Å². The Bertz CT molecular complexity index is 367. The van der Waals surface area contributed by atoms with E-state index in [1.165, 1.54) is 5.56 Å². The topological polar surface area (TPSA) is 52.6 Å². The van der Waals surface area contributed by atoms with E-state index in [9.17, 15) is 4.79 Å². The Balaban J connectivity index is 1.96. The van der Waals surface area contributed by atoms with Crippen molar-refractivity contribution in [2.75, 3.05) is 13.6 Å². The summed E-state index contributed by atoms with van der Waals surface area (Å²) in [5.41, 5.74) is 1.24. The molecule has 1 unspecified atom stereocenters. The number of rotatable bonds is 3. The van der Waals surface area contributed by atoms with Gasteiger partial charge in [-0.3, -0.25) is 10.2 Å². The first-order chi connectivity index (χ1) is 7.66. The van der Waals surface area contributed by atoms with Crippen LogP contribution in [0.3, 0.4) is 0 Å². The zero-order valence-electron chi connectivity index (χ0n) is 9.26. The highest BCUT2D eigenvalue weighted by Gasteiger charge is 2.33. The highest BCUT2D eigenvalue weighted by Crippen LogP contribution is 2.11. The van der Waals surface area contributed by atoms with Crippen LogP contribution in [0.5, 0.6) is 0 Å². The molecule has 1 aliphatic rings. The van der Waals surface area contributed by atoms with Crippen LogP contribution in [0.25, 0.3) is 0 Å². The van der Waals surface area contributed by atoms with Gasteiger partial charge in [-0.15, -0.1) is 0 Å². The standard InChI is InChI=1S/C12H16N2O2/c1-14-8-10(13-11(14)12(15)16)7-9-5-3-2-4-6-9/h2-6,10-11,13H,7-8H2,1H3,(H,15,16)/t10-,11?/m0/s1. The van der Waals surface area contributed by atoms with E-state index < -0.39 is 12.1 Å². The molecule has 16 heavy (non-hydrogen) atoms. The van der Waals surface area contributed by atoms with Gasteiger partial charge in [0.15, 0.2) is 6.17 Å². The molecule has 2 N–H and O–H groups in total. The fourth-order valence-electron chi connectivity index (χ4n) is 2.14. The molecule has 0 saturated carbocycles. The predicted molar refractivity (Wildman–Crippen MR) is 61.1 cm³/mol. The van der Waals surface area contributed by atoms with Crippen molar-refractivity contribution in [1.82, 2.24) is 10.2 Å². The van der Waals surface area contributed by atoms with Gasteiger partial charge in [0, 0.05) is 12.6 Å². The van der Waals surface area contributed by atoms with Gasteiger partial charge in [0.2, 0.25) is 0 Å². The number of likely N-dealkylation sites (N-methyl/N-ethyl adjacent to an activating group) is 1. The molecule has 0 aromatic heterocycles. The first-order valence-corrected chi connectivity index (χ1v) is 5.40. The van der Waals surface area contributed by atoms with Crippen LogP contribution in [0.4, 0.5) is 0 Å². The minimum Gasteiger partial charge on any atom is -0.479 e. The van der Waals surface area contributed by atoms with Crippen LogP contribution < -0.4 is 5.32 Å². The third-order valence-corrected chi connectivity index (χ3v) is 2.90. The molecule has 4 nitrogen and oxygen atoms in total. The summed E-state index contributed by atoms with van der Waals surface area (Å²) in [7, 11) is 1.83. The van der Waals surface area contributed by atoms with Crippen molar-refractivity contribution < 1.29 is 9.90 Å². The average Bonchev–Trinajstić information content (AvgIpc) is 2.61. The van der Waals surface area contributed by atoms with Crippen LogP contribution >= 0.6 is 0 Å². The summed E-state index contributed by atoms with van der Waals surface area (Å²) in [6, 6.07) is 10.3. The Labute approximate surface area is 94.9 Å². The lowest BCUT2D eigenvalue weighted by molar-refractivity contribution is -0.142. The number of aliphatic carboxylic acids is 1. The summed E-state index contributed by atoms with van der Waals surface area (Å²) in [6.07, 6.45) is 0.323. The molecule has 2 atom stereocenters. The van der Waals surface area contributed by atoms with Gasteiger partial charge in [0.05, 0.1) is 0 Å². The Morgan fingerprint density at radius 1 is 1.50 bits per heavy atom. The molecule has 4 heteroatoms. The fourth-order valence-corrected chi connectivity index (χ4v) is 2.14. The van der Waals surface area contributed by atoms with Crippen LogP contribution in [0.1, 0.15) is 5.56 Å².